The van der Waals surface area contributed by atoms with Gasteiger partial charge in [0.25, 0.3) is 0 Å². The number of thioether (sulfide) groups is 1. The minimum absolute atomic E-state index is 0.208. The molecule has 2 aromatic carbocycles. The third-order valence-electron chi connectivity index (χ3n) is 4.33. The van der Waals surface area contributed by atoms with Gasteiger partial charge in [0.1, 0.15) is 18.1 Å². The molecule has 1 aliphatic rings. The fourth-order valence-electron chi connectivity index (χ4n) is 2.80. The van der Waals surface area contributed by atoms with E-state index in [0.29, 0.717) is 12.4 Å². The van der Waals surface area contributed by atoms with Crippen molar-refractivity contribution < 1.29 is 9.47 Å². The number of hydrogen-bond acceptors (Lipinski definition) is 6. The molecule has 0 spiro atoms. The first-order chi connectivity index (χ1) is 13.1. The van der Waals surface area contributed by atoms with Crippen molar-refractivity contribution in [3.05, 3.63) is 65.5 Å². The van der Waals surface area contributed by atoms with Gasteiger partial charge in [-0.2, -0.15) is 9.78 Å². The molecule has 0 unspecified atom stereocenters. The van der Waals surface area contributed by atoms with Crippen LogP contribution in [0.15, 0.2) is 58.8 Å². The van der Waals surface area contributed by atoms with Crippen molar-refractivity contribution in [2.24, 2.45) is 5.10 Å². The zero-order chi connectivity index (χ0) is 18.8. The van der Waals surface area contributed by atoms with Crippen molar-refractivity contribution in [3.63, 3.8) is 0 Å². The Morgan fingerprint density at radius 1 is 1.00 bits per heavy atom. The van der Waals surface area contributed by atoms with Gasteiger partial charge in [0.15, 0.2) is 5.82 Å². The van der Waals surface area contributed by atoms with Gasteiger partial charge >= 0.3 is 0 Å². The first-order valence-corrected chi connectivity index (χ1v) is 9.55. The second-order valence-electron chi connectivity index (χ2n) is 6.29. The maximum Gasteiger partial charge on any atom is 0.212 e. The highest BCUT2D eigenvalue weighted by Crippen LogP contribution is 2.30. The van der Waals surface area contributed by atoms with Crippen molar-refractivity contribution in [1.82, 2.24) is 14.9 Å². The molecule has 4 rings (SSSR count). The normalized spacial score (nSPS) is 15.8. The number of aromatic nitrogens is 3. The molecular formula is C20H20N4O2S. The lowest BCUT2D eigenvalue weighted by atomic mass is 10.1. The van der Waals surface area contributed by atoms with Crippen molar-refractivity contribution >= 4 is 17.5 Å². The molecule has 0 amide bonds. The SMILES string of the molecule is COc1ccc(OCc2nnc3n2N=C(c2ccc(C)cc2)[C@@H](C)S3)cc1. The minimum Gasteiger partial charge on any atom is -0.497 e. The fourth-order valence-corrected chi connectivity index (χ4v) is 3.74. The molecule has 138 valence electrons. The molecule has 1 aliphatic heterocycles. The zero-order valence-corrected chi connectivity index (χ0v) is 16.2. The monoisotopic (exact) mass is 380 g/mol. The number of fused-ring (bicyclic) bond motifs is 1. The summed E-state index contributed by atoms with van der Waals surface area (Å²) in [7, 11) is 1.64. The summed E-state index contributed by atoms with van der Waals surface area (Å²) in [5.74, 6) is 2.21. The maximum absolute atomic E-state index is 5.84. The average Bonchev–Trinajstić information content (AvgIpc) is 3.08. The molecule has 2 heterocycles. The van der Waals surface area contributed by atoms with E-state index in [-0.39, 0.29) is 5.25 Å². The lowest BCUT2D eigenvalue weighted by Crippen LogP contribution is -2.22. The van der Waals surface area contributed by atoms with E-state index in [9.17, 15) is 0 Å². The lowest BCUT2D eigenvalue weighted by Gasteiger charge is -2.20. The number of aryl methyl sites for hydroxylation is 1. The largest absolute Gasteiger partial charge is 0.497 e. The molecule has 0 saturated heterocycles. The van der Waals surface area contributed by atoms with Crippen molar-refractivity contribution in [2.75, 3.05) is 7.11 Å². The van der Waals surface area contributed by atoms with Gasteiger partial charge < -0.3 is 9.47 Å². The molecule has 0 saturated carbocycles. The quantitative estimate of drug-likeness (QED) is 0.671. The summed E-state index contributed by atoms with van der Waals surface area (Å²) < 4.78 is 12.8. The summed E-state index contributed by atoms with van der Waals surface area (Å²) in [6, 6.07) is 15.9. The zero-order valence-electron chi connectivity index (χ0n) is 15.4. The number of methoxy groups -OCH3 is 1. The third kappa shape index (κ3) is 3.68. The first-order valence-electron chi connectivity index (χ1n) is 8.68. The van der Waals surface area contributed by atoms with Crippen LogP contribution in [0.25, 0.3) is 0 Å². The third-order valence-corrected chi connectivity index (χ3v) is 5.37. The summed E-state index contributed by atoms with van der Waals surface area (Å²) >= 11 is 1.65. The van der Waals surface area contributed by atoms with Gasteiger partial charge in [-0.15, -0.1) is 10.2 Å². The van der Waals surface area contributed by atoms with E-state index in [1.807, 2.05) is 24.3 Å². The summed E-state index contributed by atoms with van der Waals surface area (Å²) in [6.07, 6.45) is 0. The maximum atomic E-state index is 5.84. The Balaban J connectivity index is 1.57. The number of nitrogens with zero attached hydrogens (tertiary/aromatic N) is 4. The highest BCUT2D eigenvalue weighted by atomic mass is 32.2. The Morgan fingerprint density at radius 3 is 2.41 bits per heavy atom. The predicted molar refractivity (Wildman–Crippen MR) is 106 cm³/mol. The average molecular weight is 380 g/mol. The molecule has 27 heavy (non-hydrogen) atoms. The summed E-state index contributed by atoms with van der Waals surface area (Å²) in [5, 5.41) is 14.3. The minimum atomic E-state index is 0.208. The Morgan fingerprint density at radius 2 is 1.70 bits per heavy atom. The van der Waals surface area contributed by atoms with Crippen LogP contribution in [0.1, 0.15) is 23.9 Å². The molecule has 7 heteroatoms. The fraction of sp³-hybridized carbons (Fsp3) is 0.250. The molecular weight excluding hydrogens is 360 g/mol. The van der Waals surface area contributed by atoms with Gasteiger partial charge in [-0.3, -0.25) is 0 Å². The van der Waals surface area contributed by atoms with Gasteiger partial charge in [-0.25, -0.2) is 0 Å². The molecule has 3 aromatic rings. The molecule has 1 atom stereocenters. The molecule has 0 fully saturated rings. The van der Waals surface area contributed by atoms with E-state index in [0.717, 1.165) is 27.9 Å². The predicted octanol–water partition coefficient (Wildman–Crippen LogP) is 3.92. The lowest BCUT2D eigenvalue weighted by molar-refractivity contribution is 0.289. The van der Waals surface area contributed by atoms with Gasteiger partial charge in [0.05, 0.1) is 18.1 Å². The van der Waals surface area contributed by atoms with E-state index in [1.165, 1.54) is 5.56 Å². The molecule has 0 radical (unpaired) electrons. The summed E-state index contributed by atoms with van der Waals surface area (Å²) in [6.45, 7) is 4.51. The Kier molecular flexibility index (Phi) is 4.85. The topological polar surface area (TPSA) is 61.5 Å². The Bertz CT molecular complexity index is 965. The van der Waals surface area contributed by atoms with E-state index < -0.39 is 0 Å². The van der Waals surface area contributed by atoms with Crippen molar-refractivity contribution in [2.45, 2.75) is 30.9 Å². The first kappa shape index (κ1) is 17.6. The number of rotatable bonds is 5. The van der Waals surface area contributed by atoms with Crippen LogP contribution in [0, 0.1) is 6.92 Å². The molecule has 1 aromatic heterocycles. The molecule has 6 nitrogen and oxygen atoms in total. The number of ether oxygens (including phenoxy) is 2. The van der Waals surface area contributed by atoms with Gasteiger partial charge in [-0.05, 0) is 43.7 Å². The second kappa shape index (κ2) is 7.44. The smallest absolute Gasteiger partial charge is 0.212 e. The van der Waals surface area contributed by atoms with Gasteiger partial charge in [0, 0.05) is 0 Å². The van der Waals surface area contributed by atoms with E-state index in [4.69, 9.17) is 14.6 Å². The van der Waals surface area contributed by atoms with E-state index in [1.54, 1.807) is 23.5 Å². The van der Waals surface area contributed by atoms with Crippen LogP contribution in [0.2, 0.25) is 0 Å². The van der Waals surface area contributed by atoms with Crippen LogP contribution in [-0.4, -0.2) is 32.9 Å². The highest BCUT2D eigenvalue weighted by Gasteiger charge is 2.25. The van der Waals surface area contributed by atoms with Crippen LogP contribution in [0.5, 0.6) is 11.5 Å². The number of benzene rings is 2. The Labute approximate surface area is 162 Å². The van der Waals surface area contributed by atoms with Crippen LogP contribution in [0.3, 0.4) is 0 Å². The summed E-state index contributed by atoms with van der Waals surface area (Å²) in [4.78, 5) is 0. The van der Waals surface area contributed by atoms with Crippen LogP contribution in [0.4, 0.5) is 0 Å². The van der Waals surface area contributed by atoms with Crippen molar-refractivity contribution in [3.8, 4) is 11.5 Å². The molecule has 0 N–H and O–H groups in total. The van der Waals surface area contributed by atoms with Crippen LogP contribution >= 0.6 is 11.8 Å². The van der Waals surface area contributed by atoms with Crippen LogP contribution < -0.4 is 9.47 Å². The second-order valence-corrected chi connectivity index (χ2v) is 7.59. The molecule has 0 aliphatic carbocycles. The van der Waals surface area contributed by atoms with Crippen LogP contribution in [-0.2, 0) is 6.61 Å². The number of hydrogen-bond donors (Lipinski definition) is 0. The summed E-state index contributed by atoms with van der Waals surface area (Å²) in [5.41, 5.74) is 3.36. The standard InChI is InChI=1S/C20H20N4O2S/c1-13-4-6-15(7-5-13)19-14(2)27-20-22-21-18(24(20)23-19)12-26-17-10-8-16(25-3)9-11-17/h4-11,14H,12H2,1-3H3/t14-/m1/s1. The van der Waals surface area contributed by atoms with E-state index in [2.05, 4.69) is 48.3 Å². The van der Waals surface area contributed by atoms with E-state index >= 15 is 0 Å². The molecule has 0 bridgehead atoms. The van der Waals surface area contributed by atoms with Gasteiger partial charge in [0.2, 0.25) is 5.16 Å². The highest BCUT2D eigenvalue weighted by molar-refractivity contribution is 8.00. The van der Waals surface area contributed by atoms with Gasteiger partial charge in [-0.1, -0.05) is 41.6 Å². The van der Waals surface area contributed by atoms with Crippen molar-refractivity contribution in [1.29, 1.82) is 0 Å². The Hall–Kier alpha value is -2.80.